The molecule has 0 aliphatic rings. The molecule has 0 spiro atoms. The minimum Gasteiger partial charge on any atom is -0.468 e. The fourth-order valence-corrected chi connectivity index (χ4v) is 2.99. The van der Waals surface area contributed by atoms with Crippen LogP contribution >= 0.6 is 11.6 Å². The molecule has 0 radical (unpaired) electrons. The van der Waals surface area contributed by atoms with Gasteiger partial charge in [0.05, 0.1) is 19.4 Å². The Morgan fingerprint density at radius 2 is 1.70 bits per heavy atom. The van der Waals surface area contributed by atoms with E-state index in [4.69, 9.17) is 26.2 Å². The van der Waals surface area contributed by atoms with Crippen LogP contribution in [-0.4, -0.2) is 15.0 Å². The predicted octanol–water partition coefficient (Wildman–Crippen LogP) is 4.53. The van der Waals surface area contributed by atoms with Gasteiger partial charge in [-0.3, -0.25) is 0 Å². The molecule has 4 rings (SSSR count). The maximum atomic E-state index is 5.97. The number of benzene rings is 2. The number of furan rings is 1. The van der Waals surface area contributed by atoms with Crippen molar-refractivity contribution in [3.63, 3.8) is 0 Å². The molecular formula is C21H19ClN4O. The predicted molar refractivity (Wildman–Crippen MR) is 105 cm³/mol. The van der Waals surface area contributed by atoms with Gasteiger partial charge in [-0.15, -0.1) is 0 Å². The van der Waals surface area contributed by atoms with Gasteiger partial charge in [0.2, 0.25) is 0 Å². The summed E-state index contributed by atoms with van der Waals surface area (Å²) in [6.45, 7) is 1.84. The van der Waals surface area contributed by atoms with Crippen LogP contribution in [0.15, 0.2) is 77.4 Å². The van der Waals surface area contributed by atoms with Crippen molar-refractivity contribution >= 4 is 11.6 Å². The molecule has 2 heterocycles. The molecule has 4 aromatic rings. The van der Waals surface area contributed by atoms with Crippen LogP contribution in [0.5, 0.6) is 0 Å². The lowest BCUT2D eigenvalue weighted by atomic mass is 10.1. The smallest absolute Gasteiger partial charge is 0.117 e. The quantitative estimate of drug-likeness (QED) is 0.513. The van der Waals surface area contributed by atoms with E-state index in [1.54, 1.807) is 11.1 Å². The second kappa shape index (κ2) is 8.20. The van der Waals surface area contributed by atoms with Crippen molar-refractivity contribution in [2.45, 2.75) is 19.6 Å². The van der Waals surface area contributed by atoms with Gasteiger partial charge in [0.1, 0.15) is 17.1 Å². The number of rotatable bonds is 7. The van der Waals surface area contributed by atoms with E-state index in [1.165, 1.54) is 0 Å². The fraction of sp³-hybridized carbons (Fsp3) is 0.143. The molecule has 2 aromatic carbocycles. The SMILES string of the molecule is Clc1ccc(Cn2nc(CNCc3ccco3)c(-c3ccccc3)n2)cc1. The van der Waals surface area contributed by atoms with Crippen molar-refractivity contribution in [2.24, 2.45) is 0 Å². The Labute approximate surface area is 162 Å². The molecule has 0 bridgehead atoms. The number of hydrogen-bond donors (Lipinski definition) is 1. The molecule has 6 heteroatoms. The zero-order valence-electron chi connectivity index (χ0n) is 14.7. The zero-order chi connectivity index (χ0) is 18.5. The maximum absolute atomic E-state index is 5.97. The summed E-state index contributed by atoms with van der Waals surface area (Å²) >= 11 is 5.97. The van der Waals surface area contributed by atoms with Crippen LogP contribution in [0, 0.1) is 0 Å². The molecule has 0 unspecified atom stereocenters. The number of nitrogens with one attached hydrogen (secondary N) is 1. The summed E-state index contributed by atoms with van der Waals surface area (Å²) in [6, 6.07) is 21.7. The highest BCUT2D eigenvalue weighted by Crippen LogP contribution is 2.20. The van der Waals surface area contributed by atoms with Crippen molar-refractivity contribution in [1.29, 1.82) is 0 Å². The van der Waals surface area contributed by atoms with Gasteiger partial charge in [-0.25, -0.2) is 0 Å². The van der Waals surface area contributed by atoms with E-state index < -0.39 is 0 Å². The second-order valence-corrected chi connectivity index (χ2v) is 6.64. The van der Waals surface area contributed by atoms with E-state index in [9.17, 15) is 0 Å². The van der Waals surface area contributed by atoms with Crippen molar-refractivity contribution in [3.05, 3.63) is 95.0 Å². The van der Waals surface area contributed by atoms with Gasteiger partial charge >= 0.3 is 0 Å². The maximum Gasteiger partial charge on any atom is 0.117 e. The molecule has 0 aliphatic carbocycles. The summed E-state index contributed by atoms with van der Waals surface area (Å²) < 4.78 is 5.37. The standard InChI is InChI=1S/C21H19ClN4O/c22-18-10-8-16(9-11-18)15-26-24-20(14-23-13-19-7-4-12-27-19)21(25-26)17-5-2-1-3-6-17/h1-12,23H,13-15H2. The molecular weight excluding hydrogens is 360 g/mol. The Bertz CT molecular complexity index is 979. The molecule has 0 saturated heterocycles. The summed E-state index contributed by atoms with van der Waals surface area (Å²) in [5.41, 5.74) is 3.94. The van der Waals surface area contributed by atoms with E-state index in [0.29, 0.717) is 19.6 Å². The molecule has 0 atom stereocenters. The zero-order valence-corrected chi connectivity index (χ0v) is 15.4. The van der Waals surface area contributed by atoms with Gasteiger partial charge in [-0.1, -0.05) is 54.1 Å². The van der Waals surface area contributed by atoms with Gasteiger partial charge in [0, 0.05) is 17.1 Å². The first-order valence-corrected chi connectivity index (χ1v) is 9.13. The molecule has 0 saturated carbocycles. The summed E-state index contributed by atoms with van der Waals surface area (Å²) in [5.74, 6) is 0.893. The monoisotopic (exact) mass is 378 g/mol. The highest BCUT2D eigenvalue weighted by molar-refractivity contribution is 6.30. The first-order chi connectivity index (χ1) is 13.3. The lowest BCUT2D eigenvalue weighted by Gasteiger charge is -2.02. The van der Waals surface area contributed by atoms with E-state index in [0.717, 1.165) is 33.3 Å². The Kier molecular flexibility index (Phi) is 5.32. The van der Waals surface area contributed by atoms with Crippen LogP contribution in [0.2, 0.25) is 5.02 Å². The Hall–Kier alpha value is -2.89. The van der Waals surface area contributed by atoms with Crippen LogP contribution in [-0.2, 0) is 19.6 Å². The van der Waals surface area contributed by atoms with Gasteiger partial charge in [0.25, 0.3) is 0 Å². The summed E-state index contributed by atoms with van der Waals surface area (Å²) in [6.07, 6.45) is 1.68. The van der Waals surface area contributed by atoms with Gasteiger partial charge in [-0.05, 0) is 29.8 Å². The topological polar surface area (TPSA) is 55.9 Å². The highest BCUT2D eigenvalue weighted by atomic mass is 35.5. The van der Waals surface area contributed by atoms with Crippen LogP contribution in [0.1, 0.15) is 17.0 Å². The van der Waals surface area contributed by atoms with Crippen molar-refractivity contribution < 1.29 is 4.42 Å². The van der Waals surface area contributed by atoms with Crippen LogP contribution < -0.4 is 5.32 Å². The van der Waals surface area contributed by atoms with E-state index >= 15 is 0 Å². The Morgan fingerprint density at radius 1 is 0.889 bits per heavy atom. The minimum atomic E-state index is 0.592. The molecule has 27 heavy (non-hydrogen) atoms. The summed E-state index contributed by atoms with van der Waals surface area (Å²) in [5, 5.41) is 13.5. The third-order valence-corrected chi connectivity index (χ3v) is 4.43. The third-order valence-electron chi connectivity index (χ3n) is 4.18. The van der Waals surface area contributed by atoms with Crippen LogP contribution in [0.3, 0.4) is 0 Å². The van der Waals surface area contributed by atoms with Crippen LogP contribution in [0.4, 0.5) is 0 Å². The van der Waals surface area contributed by atoms with Crippen molar-refractivity contribution in [1.82, 2.24) is 20.3 Å². The summed E-state index contributed by atoms with van der Waals surface area (Å²) in [4.78, 5) is 1.73. The van der Waals surface area contributed by atoms with Gasteiger partial charge in [0.15, 0.2) is 0 Å². The molecule has 5 nitrogen and oxygen atoms in total. The first-order valence-electron chi connectivity index (χ1n) is 8.75. The molecule has 136 valence electrons. The number of halogens is 1. The van der Waals surface area contributed by atoms with E-state index in [-0.39, 0.29) is 0 Å². The van der Waals surface area contributed by atoms with E-state index in [1.807, 2.05) is 66.7 Å². The van der Waals surface area contributed by atoms with E-state index in [2.05, 4.69) is 5.32 Å². The summed E-state index contributed by atoms with van der Waals surface area (Å²) in [7, 11) is 0. The van der Waals surface area contributed by atoms with Crippen molar-refractivity contribution in [2.75, 3.05) is 0 Å². The normalized spacial score (nSPS) is 11.0. The highest BCUT2D eigenvalue weighted by Gasteiger charge is 2.13. The molecule has 0 amide bonds. The van der Waals surface area contributed by atoms with Gasteiger partial charge in [-0.2, -0.15) is 15.0 Å². The lowest BCUT2D eigenvalue weighted by molar-refractivity contribution is 0.480. The third kappa shape index (κ3) is 4.45. The Balaban J connectivity index is 1.55. The average molecular weight is 379 g/mol. The average Bonchev–Trinajstić information content (AvgIpc) is 3.35. The molecule has 1 N–H and O–H groups in total. The molecule has 0 aliphatic heterocycles. The molecule has 0 fully saturated rings. The lowest BCUT2D eigenvalue weighted by Crippen LogP contribution is -2.13. The number of hydrogen-bond acceptors (Lipinski definition) is 4. The number of aromatic nitrogens is 3. The second-order valence-electron chi connectivity index (χ2n) is 6.20. The first kappa shape index (κ1) is 17.5. The molecule has 2 aromatic heterocycles. The van der Waals surface area contributed by atoms with Crippen molar-refractivity contribution in [3.8, 4) is 11.3 Å². The number of nitrogens with zero attached hydrogens (tertiary/aromatic N) is 3. The van der Waals surface area contributed by atoms with Gasteiger partial charge < -0.3 is 9.73 Å². The Morgan fingerprint density at radius 3 is 2.44 bits per heavy atom. The minimum absolute atomic E-state index is 0.592. The fourth-order valence-electron chi connectivity index (χ4n) is 2.86. The largest absolute Gasteiger partial charge is 0.468 e. The van der Waals surface area contributed by atoms with Crippen LogP contribution in [0.25, 0.3) is 11.3 Å².